The number of hydrogen-bond acceptors (Lipinski definition) is 7. The SMILES string of the molecule is Cc1cc(-c2nc3cccnc3s2)ccc1N/N=C(\C#N)C(=N)N. The van der Waals surface area contributed by atoms with E-state index in [2.05, 4.69) is 20.5 Å². The Bertz CT molecular complexity index is 964. The summed E-state index contributed by atoms with van der Waals surface area (Å²) in [6, 6.07) is 11.3. The molecule has 24 heavy (non-hydrogen) atoms. The quantitative estimate of drug-likeness (QED) is 0.384. The highest BCUT2D eigenvalue weighted by molar-refractivity contribution is 7.21. The number of aromatic nitrogens is 2. The van der Waals surface area contributed by atoms with E-state index in [-0.39, 0.29) is 11.5 Å². The third-order valence-corrected chi connectivity index (χ3v) is 4.32. The van der Waals surface area contributed by atoms with Gasteiger partial charge in [0.15, 0.2) is 5.84 Å². The molecule has 3 rings (SSSR count). The first-order valence-corrected chi connectivity index (χ1v) is 7.81. The summed E-state index contributed by atoms with van der Waals surface area (Å²) in [7, 11) is 0. The Kier molecular flexibility index (Phi) is 4.18. The second-order valence-corrected chi connectivity index (χ2v) is 5.95. The summed E-state index contributed by atoms with van der Waals surface area (Å²) >= 11 is 1.53. The molecule has 0 radical (unpaired) electrons. The van der Waals surface area contributed by atoms with Crippen molar-refractivity contribution in [2.75, 3.05) is 5.43 Å². The minimum atomic E-state index is -0.374. The summed E-state index contributed by atoms with van der Waals surface area (Å²) in [5.41, 5.74) is 11.4. The van der Waals surface area contributed by atoms with Crippen LogP contribution in [0.3, 0.4) is 0 Å². The highest BCUT2D eigenvalue weighted by Gasteiger charge is 2.09. The molecule has 3 aromatic rings. The third-order valence-electron chi connectivity index (χ3n) is 3.29. The molecule has 0 spiro atoms. The average molecular weight is 335 g/mol. The molecule has 1 aromatic carbocycles. The first-order valence-electron chi connectivity index (χ1n) is 6.99. The second kappa shape index (κ2) is 6.44. The number of rotatable bonds is 4. The van der Waals surface area contributed by atoms with Crippen LogP contribution in [0.25, 0.3) is 20.9 Å². The van der Waals surface area contributed by atoms with Gasteiger partial charge in [0.25, 0.3) is 0 Å². The first kappa shape index (κ1) is 15.6. The number of amidine groups is 1. The third kappa shape index (κ3) is 3.06. The molecule has 0 aliphatic rings. The Morgan fingerprint density at radius 1 is 1.42 bits per heavy atom. The van der Waals surface area contributed by atoms with E-state index < -0.39 is 0 Å². The van der Waals surface area contributed by atoms with Gasteiger partial charge >= 0.3 is 0 Å². The van der Waals surface area contributed by atoms with Gasteiger partial charge in [0.05, 0.1) is 5.69 Å². The van der Waals surface area contributed by atoms with Crippen LogP contribution in [0.2, 0.25) is 0 Å². The minimum Gasteiger partial charge on any atom is -0.382 e. The highest BCUT2D eigenvalue weighted by Crippen LogP contribution is 2.30. The van der Waals surface area contributed by atoms with Crippen LogP contribution in [0.5, 0.6) is 0 Å². The predicted octanol–water partition coefficient (Wildman–Crippen LogP) is 2.89. The Morgan fingerprint density at radius 3 is 2.92 bits per heavy atom. The monoisotopic (exact) mass is 335 g/mol. The van der Waals surface area contributed by atoms with E-state index in [1.807, 2.05) is 37.3 Å². The lowest BCUT2D eigenvalue weighted by Gasteiger charge is -2.07. The fourth-order valence-electron chi connectivity index (χ4n) is 2.08. The predicted molar refractivity (Wildman–Crippen MR) is 96.2 cm³/mol. The van der Waals surface area contributed by atoms with Crippen molar-refractivity contribution in [2.24, 2.45) is 10.8 Å². The van der Waals surface area contributed by atoms with Crippen molar-refractivity contribution in [1.82, 2.24) is 9.97 Å². The lowest BCUT2D eigenvalue weighted by Crippen LogP contribution is -2.21. The summed E-state index contributed by atoms with van der Waals surface area (Å²) in [6.07, 6.45) is 1.75. The van der Waals surface area contributed by atoms with E-state index >= 15 is 0 Å². The Morgan fingerprint density at radius 2 is 2.25 bits per heavy atom. The van der Waals surface area contributed by atoms with Gasteiger partial charge < -0.3 is 5.73 Å². The van der Waals surface area contributed by atoms with Crippen LogP contribution in [0.1, 0.15) is 5.56 Å². The van der Waals surface area contributed by atoms with Crippen molar-refractivity contribution in [3.8, 4) is 16.6 Å². The molecule has 0 atom stereocenters. The van der Waals surface area contributed by atoms with Gasteiger partial charge in [0.1, 0.15) is 21.4 Å². The molecule has 8 heteroatoms. The summed E-state index contributed by atoms with van der Waals surface area (Å²) in [4.78, 5) is 9.79. The molecule has 0 aliphatic carbocycles. The summed E-state index contributed by atoms with van der Waals surface area (Å²) in [5.74, 6) is -0.374. The highest BCUT2D eigenvalue weighted by atomic mass is 32.1. The normalized spacial score (nSPS) is 11.2. The number of aryl methyl sites for hydroxylation is 1. The van der Waals surface area contributed by atoms with Gasteiger partial charge in [-0.1, -0.05) is 11.3 Å². The van der Waals surface area contributed by atoms with Crippen molar-refractivity contribution in [1.29, 1.82) is 10.7 Å². The Hall–Kier alpha value is -3.31. The maximum absolute atomic E-state index is 8.85. The van der Waals surface area contributed by atoms with E-state index in [0.29, 0.717) is 0 Å². The van der Waals surface area contributed by atoms with Gasteiger partial charge in [-0.25, -0.2) is 9.97 Å². The molecule has 0 unspecified atom stereocenters. The van der Waals surface area contributed by atoms with E-state index in [0.717, 1.165) is 32.2 Å². The van der Waals surface area contributed by atoms with Crippen LogP contribution in [0.4, 0.5) is 5.69 Å². The maximum Gasteiger partial charge on any atom is 0.201 e. The number of hydrogen-bond donors (Lipinski definition) is 3. The number of nitrogens with one attached hydrogen (secondary N) is 2. The fraction of sp³-hybridized carbons (Fsp3) is 0.0625. The number of nitrogens with two attached hydrogens (primary N) is 1. The first-order chi connectivity index (χ1) is 11.6. The zero-order chi connectivity index (χ0) is 17.1. The zero-order valence-corrected chi connectivity index (χ0v) is 13.6. The molecule has 7 nitrogen and oxygen atoms in total. The average Bonchev–Trinajstić information content (AvgIpc) is 3.00. The maximum atomic E-state index is 8.85. The number of thiazole rings is 1. The van der Waals surface area contributed by atoms with E-state index in [1.54, 1.807) is 12.3 Å². The molecule has 2 heterocycles. The molecule has 0 bridgehead atoms. The van der Waals surface area contributed by atoms with Crippen LogP contribution in [-0.4, -0.2) is 21.5 Å². The van der Waals surface area contributed by atoms with Crippen LogP contribution in [0, 0.1) is 23.7 Å². The molecule has 2 aromatic heterocycles. The molecule has 118 valence electrons. The molecular formula is C16H13N7S. The number of nitrogens with zero attached hydrogens (tertiary/aromatic N) is 4. The molecule has 0 saturated carbocycles. The van der Waals surface area contributed by atoms with E-state index in [4.69, 9.17) is 16.4 Å². The smallest absolute Gasteiger partial charge is 0.201 e. The molecule has 0 fully saturated rings. The molecule has 0 aliphatic heterocycles. The summed E-state index contributed by atoms with van der Waals surface area (Å²) in [5, 5.41) is 20.8. The zero-order valence-electron chi connectivity index (χ0n) is 12.7. The van der Waals surface area contributed by atoms with Crippen molar-refractivity contribution in [3.63, 3.8) is 0 Å². The summed E-state index contributed by atoms with van der Waals surface area (Å²) < 4.78 is 0. The lowest BCUT2D eigenvalue weighted by molar-refractivity contribution is 1.30. The van der Waals surface area contributed by atoms with Crippen molar-refractivity contribution >= 4 is 38.9 Å². The van der Waals surface area contributed by atoms with Gasteiger partial charge in [-0.3, -0.25) is 10.8 Å². The second-order valence-electron chi connectivity index (χ2n) is 4.97. The number of nitriles is 1. The molecular weight excluding hydrogens is 322 g/mol. The van der Waals surface area contributed by atoms with E-state index in [9.17, 15) is 0 Å². The molecule has 0 amide bonds. The Labute approximate surface area is 142 Å². The summed E-state index contributed by atoms with van der Waals surface area (Å²) in [6.45, 7) is 1.92. The number of anilines is 1. The number of pyridine rings is 1. The van der Waals surface area contributed by atoms with Crippen LogP contribution < -0.4 is 11.2 Å². The topological polar surface area (TPSA) is 124 Å². The Balaban J connectivity index is 1.90. The standard InChI is InChI=1S/C16H13N7S/c1-9-7-10(15-21-12-3-2-6-20-16(12)24-15)4-5-11(9)22-23-13(8-17)14(18)19/h2-7,22H,1H3,(H3,18,19)/b23-13+. The van der Waals surface area contributed by atoms with E-state index in [1.165, 1.54) is 11.3 Å². The van der Waals surface area contributed by atoms with Gasteiger partial charge in [0.2, 0.25) is 5.71 Å². The number of benzene rings is 1. The van der Waals surface area contributed by atoms with Gasteiger partial charge in [0, 0.05) is 11.8 Å². The van der Waals surface area contributed by atoms with Crippen molar-refractivity contribution < 1.29 is 0 Å². The van der Waals surface area contributed by atoms with Gasteiger partial charge in [-0.2, -0.15) is 10.4 Å². The van der Waals surface area contributed by atoms with Crippen molar-refractivity contribution in [3.05, 3.63) is 42.1 Å². The van der Waals surface area contributed by atoms with Crippen LogP contribution in [0.15, 0.2) is 41.6 Å². The van der Waals surface area contributed by atoms with Crippen LogP contribution >= 0.6 is 11.3 Å². The number of hydrazone groups is 1. The minimum absolute atomic E-state index is 0.157. The molecule has 0 saturated heterocycles. The van der Waals surface area contributed by atoms with Crippen LogP contribution in [-0.2, 0) is 0 Å². The molecule has 4 N–H and O–H groups in total. The number of fused-ring (bicyclic) bond motifs is 1. The van der Waals surface area contributed by atoms with Gasteiger partial charge in [-0.15, -0.1) is 0 Å². The fourth-order valence-corrected chi connectivity index (χ4v) is 2.98. The van der Waals surface area contributed by atoms with Gasteiger partial charge in [-0.05, 0) is 42.8 Å². The lowest BCUT2D eigenvalue weighted by atomic mass is 10.1. The largest absolute Gasteiger partial charge is 0.382 e. The van der Waals surface area contributed by atoms with Crippen molar-refractivity contribution in [2.45, 2.75) is 6.92 Å².